The van der Waals surface area contributed by atoms with Gasteiger partial charge in [-0.05, 0) is 24.7 Å². The Morgan fingerprint density at radius 2 is 1.11 bits per heavy atom. The Morgan fingerprint density at radius 3 is 1.58 bits per heavy atom. The van der Waals surface area contributed by atoms with Crippen molar-refractivity contribution in [3.8, 4) is 0 Å². The molecule has 0 radical (unpaired) electrons. The Kier molecular flexibility index (Phi) is 23.2. The molecule has 0 bridgehead atoms. The largest absolute Gasteiger partial charge is 0.756 e. The molecule has 0 aliphatic heterocycles. The standard InChI is InChI=1S/C35H66NO8P/c36-27-28-42-45(39,40)43-30-33(44-35(38)24-17-13-9-5-4-7-10-14-19-31-21-18-22-31)29-41-34(37)23-16-12-8-3-1-2-6-11-15-20-32-25-26-32/h31-33H,1-30,36H2,(H,39,40)/p-1/t33-/m0/s1. The quantitative estimate of drug-likeness (QED) is 0.0430. The van der Waals surface area contributed by atoms with Crippen LogP contribution in [0.3, 0.4) is 0 Å². The molecule has 2 N–H and O–H groups in total. The minimum Gasteiger partial charge on any atom is -0.756 e. The summed E-state index contributed by atoms with van der Waals surface area (Å²) in [6.07, 6.45) is 29.2. The first-order valence-electron chi connectivity index (χ1n) is 18.5. The maximum atomic E-state index is 12.5. The first-order chi connectivity index (χ1) is 21.9. The van der Waals surface area contributed by atoms with Crippen molar-refractivity contribution < 1.29 is 37.6 Å². The van der Waals surface area contributed by atoms with Gasteiger partial charge in [0.2, 0.25) is 0 Å². The number of carbonyl (C=O) groups excluding carboxylic acids is 2. The Balaban J connectivity index is 1.52. The van der Waals surface area contributed by atoms with Crippen LogP contribution in [0.4, 0.5) is 0 Å². The maximum Gasteiger partial charge on any atom is 0.306 e. The second-order valence-electron chi connectivity index (χ2n) is 13.5. The average molecular weight is 659 g/mol. The number of carbonyl (C=O) groups is 2. The van der Waals surface area contributed by atoms with Crippen molar-refractivity contribution in [3.63, 3.8) is 0 Å². The molecule has 2 atom stereocenters. The van der Waals surface area contributed by atoms with Crippen LogP contribution in [0.1, 0.15) is 167 Å². The van der Waals surface area contributed by atoms with Crippen LogP contribution >= 0.6 is 7.82 Å². The smallest absolute Gasteiger partial charge is 0.306 e. The maximum absolute atomic E-state index is 12.5. The molecule has 0 heterocycles. The molecule has 0 amide bonds. The number of phosphoric ester groups is 1. The van der Waals surface area contributed by atoms with Gasteiger partial charge < -0.3 is 29.1 Å². The SMILES string of the molecule is NCCOP(=O)([O-])OC[C@H](COC(=O)CCCCCCCCCCCC1CC1)OC(=O)CCCCCCCCCCC1CCC1. The summed E-state index contributed by atoms with van der Waals surface area (Å²) in [4.78, 5) is 36.7. The highest BCUT2D eigenvalue weighted by Crippen LogP contribution is 2.38. The molecule has 2 rings (SSSR count). The zero-order chi connectivity index (χ0) is 32.4. The highest BCUT2D eigenvalue weighted by atomic mass is 31.2. The summed E-state index contributed by atoms with van der Waals surface area (Å²) in [5.41, 5.74) is 5.30. The van der Waals surface area contributed by atoms with E-state index in [1.807, 2.05) is 0 Å². The summed E-state index contributed by atoms with van der Waals surface area (Å²) in [6, 6.07) is 0. The normalized spacial score (nSPS) is 17.0. The number of hydrogen-bond donors (Lipinski definition) is 1. The van der Waals surface area contributed by atoms with E-state index in [1.165, 1.54) is 116 Å². The number of phosphoric acid groups is 1. The fourth-order valence-electron chi connectivity index (χ4n) is 5.89. The van der Waals surface area contributed by atoms with Gasteiger partial charge in [-0.3, -0.25) is 14.2 Å². The predicted molar refractivity (Wildman–Crippen MR) is 176 cm³/mol. The molecule has 0 spiro atoms. The summed E-state index contributed by atoms with van der Waals surface area (Å²) in [5, 5.41) is 0. The molecule has 2 aliphatic carbocycles. The van der Waals surface area contributed by atoms with E-state index in [-0.39, 0.29) is 38.6 Å². The van der Waals surface area contributed by atoms with E-state index in [0.717, 1.165) is 43.9 Å². The highest BCUT2D eigenvalue weighted by Gasteiger charge is 2.21. The van der Waals surface area contributed by atoms with E-state index in [4.69, 9.17) is 19.7 Å². The highest BCUT2D eigenvalue weighted by molar-refractivity contribution is 7.45. The summed E-state index contributed by atoms with van der Waals surface area (Å²) in [5.74, 6) is 1.20. The summed E-state index contributed by atoms with van der Waals surface area (Å²) in [7, 11) is -4.60. The van der Waals surface area contributed by atoms with Gasteiger partial charge in [-0.2, -0.15) is 0 Å². The molecular formula is C35H65NO8P-. The molecule has 10 heteroatoms. The lowest BCUT2D eigenvalue weighted by Crippen LogP contribution is -2.30. The van der Waals surface area contributed by atoms with Gasteiger partial charge in [-0.25, -0.2) is 0 Å². The third-order valence-corrected chi connectivity index (χ3v) is 10.1. The number of unbranched alkanes of at least 4 members (excludes halogenated alkanes) is 15. The Morgan fingerprint density at radius 1 is 0.644 bits per heavy atom. The van der Waals surface area contributed by atoms with E-state index in [2.05, 4.69) is 4.52 Å². The summed E-state index contributed by atoms with van der Waals surface area (Å²) >= 11 is 0. The Hall–Kier alpha value is -0.990. The van der Waals surface area contributed by atoms with E-state index < -0.39 is 26.5 Å². The van der Waals surface area contributed by atoms with Gasteiger partial charge in [0.25, 0.3) is 7.82 Å². The summed E-state index contributed by atoms with van der Waals surface area (Å²) in [6.45, 7) is -0.928. The molecule has 264 valence electrons. The van der Waals surface area contributed by atoms with Gasteiger partial charge in [0.1, 0.15) is 6.61 Å². The van der Waals surface area contributed by atoms with Crippen molar-refractivity contribution in [3.05, 3.63) is 0 Å². The van der Waals surface area contributed by atoms with Crippen molar-refractivity contribution in [2.24, 2.45) is 17.6 Å². The fraction of sp³-hybridized carbons (Fsp3) is 0.943. The lowest BCUT2D eigenvalue weighted by Gasteiger charge is -2.25. The van der Waals surface area contributed by atoms with Gasteiger partial charge in [-0.15, -0.1) is 0 Å². The minimum atomic E-state index is -4.60. The minimum absolute atomic E-state index is 0.0202. The van der Waals surface area contributed by atoms with Crippen LogP contribution in [0.5, 0.6) is 0 Å². The van der Waals surface area contributed by atoms with Crippen LogP contribution in [0.25, 0.3) is 0 Å². The van der Waals surface area contributed by atoms with Crippen LogP contribution < -0.4 is 10.6 Å². The molecule has 9 nitrogen and oxygen atoms in total. The zero-order valence-corrected chi connectivity index (χ0v) is 29.1. The van der Waals surface area contributed by atoms with Crippen LogP contribution in [0, 0.1) is 11.8 Å². The third-order valence-electron chi connectivity index (χ3n) is 9.17. The van der Waals surface area contributed by atoms with E-state index in [0.29, 0.717) is 6.42 Å². The van der Waals surface area contributed by atoms with Gasteiger partial charge in [-0.1, -0.05) is 141 Å². The number of rotatable bonds is 32. The van der Waals surface area contributed by atoms with Crippen molar-refractivity contribution >= 4 is 19.8 Å². The van der Waals surface area contributed by atoms with Gasteiger partial charge >= 0.3 is 11.9 Å². The molecule has 1 unspecified atom stereocenters. The van der Waals surface area contributed by atoms with E-state index in [1.54, 1.807) is 0 Å². The number of nitrogens with two attached hydrogens (primary N) is 1. The van der Waals surface area contributed by atoms with Crippen LogP contribution in [0.2, 0.25) is 0 Å². The predicted octanol–water partition coefficient (Wildman–Crippen LogP) is 8.30. The topological polar surface area (TPSA) is 137 Å². The molecule has 0 saturated heterocycles. The van der Waals surface area contributed by atoms with E-state index >= 15 is 0 Å². The first-order valence-corrected chi connectivity index (χ1v) is 20.0. The third kappa shape index (κ3) is 23.9. The molecule has 0 aromatic carbocycles. The molecular weight excluding hydrogens is 593 g/mol. The lowest BCUT2D eigenvalue weighted by atomic mass is 9.81. The molecule has 0 aromatic rings. The van der Waals surface area contributed by atoms with Crippen molar-refractivity contribution in [1.82, 2.24) is 0 Å². The van der Waals surface area contributed by atoms with E-state index in [9.17, 15) is 19.0 Å². The second-order valence-corrected chi connectivity index (χ2v) is 14.9. The molecule has 0 aromatic heterocycles. The molecule has 2 aliphatic rings. The molecule has 45 heavy (non-hydrogen) atoms. The average Bonchev–Trinajstić information content (AvgIpc) is 3.82. The van der Waals surface area contributed by atoms with Crippen LogP contribution in [0.15, 0.2) is 0 Å². The lowest BCUT2D eigenvalue weighted by molar-refractivity contribution is -0.228. The van der Waals surface area contributed by atoms with Gasteiger partial charge in [0.15, 0.2) is 6.10 Å². The van der Waals surface area contributed by atoms with Crippen molar-refractivity contribution in [1.29, 1.82) is 0 Å². The molecule has 2 fully saturated rings. The number of esters is 2. The Labute approximate surface area is 274 Å². The summed E-state index contributed by atoms with van der Waals surface area (Å²) < 4.78 is 32.2. The van der Waals surface area contributed by atoms with Gasteiger partial charge in [0.05, 0.1) is 13.2 Å². The second kappa shape index (κ2) is 26.0. The first kappa shape index (κ1) is 40.2. The van der Waals surface area contributed by atoms with Crippen LogP contribution in [-0.4, -0.2) is 44.4 Å². The monoisotopic (exact) mass is 658 g/mol. The Bertz CT molecular complexity index is 805. The van der Waals surface area contributed by atoms with Crippen molar-refractivity contribution in [2.45, 2.75) is 173 Å². The number of ether oxygens (including phenoxy) is 2. The van der Waals surface area contributed by atoms with Crippen LogP contribution in [-0.2, 0) is 32.7 Å². The molecule has 2 saturated carbocycles. The van der Waals surface area contributed by atoms with Gasteiger partial charge in [0, 0.05) is 19.4 Å². The van der Waals surface area contributed by atoms with Crippen molar-refractivity contribution in [2.75, 3.05) is 26.4 Å². The fourth-order valence-corrected chi connectivity index (χ4v) is 6.64. The zero-order valence-electron chi connectivity index (χ0n) is 28.2. The number of hydrogen-bond acceptors (Lipinski definition) is 9.